The van der Waals surface area contributed by atoms with E-state index >= 15 is 0 Å². The van der Waals surface area contributed by atoms with E-state index in [-0.39, 0.29) is 23.5 Å². The van der Waals surface area contributed by atoms with Crippen LogP contribution in [0.2, 0.25) is 0 Å². The molecule has 0 radical (unpaired) electrons. The Bertz CT molecular complexity index is 1290. The fourth-order valence-corrected chi connectivity index (χ4v) is 4.77. The molecule has 0 unspecified atom stereocenters. The van der Waals surface area contributed by atoms with E-state index in [0.29, 0.717) is 15.3 Å². The highest BCUT2D eigenvalue weighted by Gasteiger charge is 2.34. The average Bonchev–Trinajstić information content (AvgIpc) is 3.48. The molecule has 34 heavy (non-hydrogen) atoms. The molecule has 2 aromatic heterocycles. The Balaban J connectivity index is 1.48. The zero-order chi connectivity index (χ0) is 24.7. The van der Waals surface area contributed by atoms with Gasteiger partial charge in [-0.15, -0.1) is 0 Å². The maximum absolute atomic E-state index is 14.1. The molecule has 3 aromatic rings. The van der Waals surface area contributed by atoms with Crippen LogP contribution in [0, 0.1) is 5.82 Å². The van der Waals surface area contributed by atoms with Crippen molar-refractivity contribution in [3.63, 3.8) is 0 Å². The van der Waals surface area contributed by atoms with Crippen LogP contribution in [0.5, 0.6) is 0 Å². The van der Waals surface area contributed by atoms with E-state index in [1.54, 1.807) is 6.07 Å². The molecule has 1 aliphatic heterocycles. The Morgan fingerprint density at radius 1 is 1.18 bits per heavy atom. The van der Waals surface area contributed by atoms with Crippen molar-refractivity contribution in [3.05, 3.63) is 65.5 Å². The van der Waals surface area contributed by atoms with Crippen molar-refractivity contribution >= 4 is 15.9 Å². The third kappa shape index (κ3) is 4.68. The summed E-state index contributed by atoms with van der Waals surface area (Å²) in [6.45, 7) is -1.19. The van der Waals surface area contributed by atoms with Crippen molar-refractivity contribution in [1.29, 1.82) is 0 Å². The van der Waals surface area contributed by atoms with Crippen LogP contribution in [0.25, 0.3) is 0 Å². The molecule has 0 saturated carbocycles. The van der Waals surface area contributed by atoms with Gasteiger partial charge in [0.15, 0.2) is 0 Å². The van der Waals surface area contributed by atoms with Crippen molar-refractivity contribution in [2.24, 2.45) is 0 Å². The first-order valence-electron chi connectivity index (χ1n) is 10.1. The summed E-state index contributed by atoms with van der Waals surface area (Å²) in [7, 11) is -4.21. The first-order valence-corrected chi connectivity index (χ1v) is 11.5. The van der Waals surface area contributed by atoms with Gasteiger partial charge in [0.25, 0.3) is 10.0 Å². The largest absolute Gasteiger partial charge is 0.395 e. The number of fused-ring (bicyclic) bond motifs is 1. The third-order valence-electron chi connectivity index (χ3n) is 5.41. The van der Waals surface area contributed by atoms with E-state index in [0.717, 1.165) is 17.1 Å². The molecule has 0 saturated heterocycles. The summed E-state index contributed by atoms with van der Waals surface area (Å²) in [5, 5.41) is 17.4. The third-order valence-corrected chi connectivity index (χ3v) is 6.90. The van der Waals surface area contributed by atoms with Gasteiger partial charge in [-0.3, -0.25) is 9.48 Å². The molecule has 0 bridgehead atoms. The Morgan fingerprint density at radius 3 is 2.56 bits per heavy atom. The SMILES string of the molecule is O=C([C@@H](CO)c1ccccc1F)N1Cc2cn(S(=O)(=O)c3cnn(CCC(F)(F)F)c3)nc2C1. The van der Waals surface area contributed by atoms with E-state index < -0.39 is 53.4 Å². The lowest BCUT2D eigenvalue weighted by Crippen LogP contribution is -2.33. The lowest BCUT2D eigenvalue weighted by Gasteiger charge is -2.22. The van der Waals surface area contributed by atoms with Crippen LogP contribution in [0.1, 0.15) is 29.2 Å². The zero-order valence-electron chi connectivity index (χ0n) is 17.5. The van der Waals surface area contributed by atoms with Crippen LogP contribution < -0.4 is 0 Å². The number of hydrogen-bond donors (Lipinski definition) is 1. The van der Waals surface area contributed by atoms with Crippen molar-refractivity contribution in [2.75, 3.05) is 6.61 Å². The lowest BCUT2D eigenvalue weighted by molar-refractivity contribution is -0.137. The monoisotopic (exact) mass is 501 g/mol. The Morgan fingerprint density at radius 2 is 1.91 bits per heavy atom. The zero-order valence-corrected chi connectivity index (χ0v) is 18.3. The maximum atomic E-state index is 14.1. The highest BCUT2D eigenvalue weighted by molar-refractivity contribution is 7.89. The lowest BCUT2D eigenvalue weighted by atomic mass is 9.98. The molecule has 0 spiro atoms. The standard InChI is InChI=1S/C20H19F4N5O4S/c21-17-4-2-1-3-15(17)16(12-30)19(31)27-8-13-9-29(26-18(13)11-27)34(32,33)14-7-25-28(10-14)6-5-20(22,23)24/h1-4,7,9-10,16,30H,5-6,8,11-12H2/t16-/m0/s1. The fourth-order valence-electron chi connectivity index (χ4n) is 3.64. The highest BCUT2D eigenvalue weighted by atomic mass is 32.2. The van der Waals surface area contributed by atoms with Gasteiger partial charge in [-0.05, 0) is 6.07 Å². The quantitative estimate of drug-likeness (QED) is 0.496. The molecule has 1 aliphatic rings. The first kappa shape index (κ1) is 23.9. The summed E-state index contributed by atoms with van der Waals surface area (Å²) in [4.78, 5) is 13.9. The van der Waals surface area contributed by atoms with Gasteiger partial charge in [0.05, 0.1) is 37.4 Å². The van der Waals surface area contributed by atoms with Gasteiger partial charge in [-0.1, -0.05) is 18.2 Å². The van der Waals surface area contributed by atoms with Gasteiger partial charge in [0.1, 0.15) is 10.7 Å². The number of benzene rings is 1. The second-order valence-corrected chi connectivity index (χ2v) is 9.53. The minimum absolute atomic E-state index is 0.000512. The van der Waals surface area contributed by atoms with Crippen molar-refractivity contribution in [3.8, 4) is 0 Å². The summed E-state index contributed by atoms with van der Waals surface area (Å²) in [6, 6.07) is 5.61. The van der Waals surface area contributed by atoms with Gasteiger partial charge < -0.3 is 10.0 Å². The molecule has 0 aliphatic carbocycles. The number of hydrogen-bond acceptors (Lipinski definition) is 6. The molecule has 0 fully saturated rings. The average molecular weight is 501 g/mol. The van der Waals surface area contributed by atoms with E-state index in [1.807, 2.05) is 0 Å². The molecule has 1 atom stereocenters. The van der Waals surface area contributed by atoms with E-state index in [4.69, 9.17) is 0 Å². The number of nitrogens with zero attached hydrogens (tertiary/aromatic N) is 5. The van der Waals surface area contributed by atoms with Gasteiger partial charge in [0, 0.05) is 36.6 Å². The molecule has 182 valence electrons. The topological polar surface area (TPSA) is 110 Å². The van der Waals surface area contributed by atoms with E-state index in [9.17, 15) is 35.9 Å². The summed E-state index contributed by atoms with van der Waals surface area (Å²) in [5.74, 6) is -2.28. The maximum Gasteiger partial charge on any atom is 0.390 e. The number of carbonyl (C=O) groups is 1. The molecule has 14 heteroatoms. The Kier molecular flexibility index (Phi) is 6.20. The van der Waals surface area contributed by atoms with E-state index in [1.165, 1.54) is 29.3 Å². The number of aliphatic hydroxyl groups is 1. The van der Waals surface area contributed by atoms with Crippen LogP contribution in [0.3, 0.4) is 0 Å². The second kappa shape index (κ2) is 8.83. The number of aromatic nitrogens is 4. The number of amides is 1. The fraction of sp³-hybridized carbons (Fsp3) is 0.350. The molecule has 1 aromatic carbocycles. The number of halogens is 4. The predicted octanol–water partition coefficient (Wildman–Crippen LogP) is 2.03. The summed E-state index contributed by atoms with van der Waals surface area (Å²) >= 11 is 0. The summed E-state index contributed by atoms with van der Waals surface area (Å²) in [5.41, 5.74) is 0.785. The van der Waals surface area contributed by atoms with Gasteiger partial charge in [0.2, 0.25) is 5.91 Å². The minimum atomic E-state index is -4.40. The van der Waals surface area contributed by atoms with Gasteiger partial charge in [-0.2, -0.15) is 35.9 Å². The Hall–Kier alpha value is -3.26. The molecule has 1 amide bonds. The Labute approximate surface area is 191 Å². The number of aryl methyl sites for hydroxylation is 1. The van der Waals surface area contributed by atoms with Crippen LogP contribution in [0.15, 0.2) is 47.8 Å². The van der Waals surface area contributed by atoms with Crippen LogP contribution in [-0.2, 0) is 34.5 Å². The molecule has 1 N–H and O–H groups in total. The molecule has 3 heterocycles. The number of carbonyl (C=O) groups excluding carboxylic acids is 1. The smallest absolute Gasteiger partial charge is 0.390 e. The van der Waals surface area contributed by atoms with Crippen molar-refractivity contribution in [1.82, 2.24) is 23.9 Å². The molecule has 9 nitrogen and oxygen atoms in total. The van der Waals surface area contributed by atoms with Crippen molar-refractivity contribution < 1.29 is 35.9 Å². The van der Waals surface area contributed by atoms with Crippen molar-refractivity contribution in [2.45, 2.75) is 43.0 Å². The summed E-state index contributed by atoms with van der Waals surface area (Å²) < 4.78 is 78.5. The van der Waals surface area contributed by atoms with E-state index in [2.05, 4.69) is 10.2 Å². The highest BCUT2D eigenvalue weighted by Crippen LogP contribution is 2.29. The summed E-state index contributed by atoms with van der Waals surface area (Å²) in [6.07, 6.45) is -2.42. The van der Waals surface area contributed by atoms with Crippen LogP contribution in [-0.4, -0.2) is 56.1 Å². The first-order chi connectivity index (χ1) is 16.0. The van der Waals surface area contributed by atoms with Gasteiger partial charge >= 0.3 is 6.18 Å². The molecular weight excluding hydrogens is 482 g/mol. The minimum Gasteiger partial charge on any atom is -0.395 e. The van der Waals surface area contributed by atoms with Gasteiger partial charge in [-0.25, -0.2) is 4.39 Å². The molecule has 4 rings (SSSR count). The normalized spacial score (nSPS) is 14.9. The number of aliphatic hydroxyl groups excluding tert-OH is 1. The number of rotatable bonds is 7. The van der Waals surface area contributed by atoms with Crippen LogP contribution >= 0.6 is 0 Å². The predicted molar refractivity (Wildman–Crippen MR) is 108 cm³/mol. The number of alkyl halides is 3. The molecular formula is C20H19F4N5O4S. The van der Waals surface area contributed by atoms with Crippen LogP contribution in [0.4, 0.5) is 17.6 Å². The second-order valence-electron chi connectivity index (χ2n) is 7.73.